The predicted octanol–water partition coefficient (Wildman–Crippen LogP) is 3.01. The average Bonchev–Trinajstić information content (AvgIpc) is 2.96. The third-order valence-electron chi connectivity index (χ3n) is 5.84. The Kier molecular flexibility index (Phi) is 3.95. The molecule has 0 radical (unpaired) electrons. The lowest BCUT2D eigenvalue weighted by Crippen LogP contribution is -2.45. The Bertz CT molecular complexity index is 278. The maximum Gasteiger partial charge on any atom is 0.00987 e. The summed E-state index contributed by atoms with van der Waals surface area (Å²) in [6.45, 7) is 5.01. The molecule has 2 bridgehead atoms. The average molecular weight is 250 g/mol. The topological polar surface area (TPSA) is 29.3 Å². The van der Waals surface area contributed by atoms with Gasteiger partial charge >= 0.3 is 0 Å². The SMILES string of the molecule is CCCC1CCC(N)C(CN2CC3CCC2C3)C1. The molecule has 0 aromatic carbocycles. The van der Waals surface area contributed by atoms with Crippen LogP contribution < -0.4 is 5.73 Å². The molecule has 3 aliphatic rings. The van der Waals surface area contributed by atoms with Gasteiger partial charge in [0.1, 0.15) is 0 Å². The molecular formula is C16H30N2. The monoisotopic (exact) mass is 250 g/mol. The highest BCUT2D eigenvalue weighted by molar-refractivity contribution is 4.94. The minimum Gasteiger partial charge on any atom is -0.327 e. The van der Waals surface area contributed by atoms with Gasteiger partial charge in [-0.15, -0.1) is 0 Å². The molecule has 2 heteroatoms. The minimum absolute atomic E-state index is 0.484. The normalized spacial score (nSPS) is 44.7. The van der Waals surface area contributed by atoms with Crippen LogP contribution in [0.4, 0.5) is 0 Å². The molecule has 1 saturated heterocycles. The second kappa shape index (κ2) is 5.50. The fourth-order valence-electron chi connectivity index (χ4n) is 4.82. The van der Waals surface area contributed by atoms with Gasteiger partial charge in [-0.2, -0.15) is 0 Å². The summed E-state index contributed by atoms with van der Waals surface area (Å²) >= 11 is 0. The maximum atomic E-state index is 6.39. The fraction of sp³-hybridized carbons (Fsp3) is 1.00. The van der Waals surface area contributed by atoms with Crippen LogP contribution in [0.3, 0.4) is 0 Å². The zero-order valence-corrected chi connectivity index (χ0v) is 12.0. The maximum absolute atomic E-state index is 6.39. The first-order valence-electron chi connectivity index (χ1n) is 8.26. The van der Waals surface area contributed by atoms with Crippen molar-refractivity contribution in [2.75, 3.05) is 13.1 Å². The van der Waals surface area contributed by atoms with E-state index in [1.807, 2.05) is 0 Å². The van der Waals surface area contributed by atoms with E-state index in [1.165, 1.54) is 64.5 Å². The van der Waals surface area contributed by atoms with Crippen molar-refractivity contribution < 1.29 is 0 Å². The van der Waals surface area contributed by atoms with Crippen LogP contribution in [0.5, 0.6) is 0 Å². The van der Waals surface area contributed by atoms with Crippen LogP contribution in [0.25, 0.3) is 0 Å². The number of hydrogen-bond donors (Lipinski definition) is 1. The number of nitrogens with two attached hydrogens (primary N) is 1. The summed E-state index contributed by atoms with van der Waals surface area (Å²) in [5.41, 5.74) is 6.39. The van der Waals surface area contributed by atoms with Crippen LogP contribution in [0.2, 0.25) is 0 Å². The highest BCUT2D eigenvalue weighted by Crippen LogP contribution is 2.39. The van der Waals surface area contributed by atoms with Crippen LogP contribution >= 0.6 is 0 Å². The van der Waals surface area contributed by atoms with E-state index in [0.29, 0.717) is 6.04 Å². The Morgan fingerprint density at radius 3 is 2.67 bits per heavy atom. The number of nitrogens with zero attached hydrogens (tertiary/aromatic N) is 1. The van der Waals surface area contributed by atoms with Gasteiger partial charge in [0, 0.05) is 25.2 Å². The first-order valence-corrected chi connectivity index (χ1v) is 8.26. The summed E-state index contributed by atoms with van der Waals surface area (Å²) in [5.74, 6) is 2.79. The minimum atomic E-state index is 0.484. The predicted molar refractivity (Wildman–Crippen MR) is 76.4 cm³/mol. The molecule has 5 unspecified atom stereocenters. The van der Waals surface area contributed by atoms with E-state index in [9.17, 15) is 0 Å². The molecule has 3 fully saturated rings. The van der Waals surface area contributed by atoms with Gasteiger partial charge in [-0.05, 0) is 56.3 Å². The van der Waals surface area contributed by atoms with Crippen molar-refractivity contribution in [3.8, 4) is 0 Å². The van der Waals surface area contributed by atoms with Gasteiger partial charge in [-0.25, -0.2) is 0 Å². The summed E-state index contributed by atoms with van der Waals surface area (Å²) in [6, 6.07) is 1.41. The highest BCUT2D eigenvalue weighted by atomic mass is 15.2. The molecule has 0 aromatic heterocycles. The lowest BCUT2D eigenvalue weighted by molar-refractivity contribution is 0.128. The standard InChI is InChI=1S/C16H30N2/c1-2-3-12-5-7-16(17)14(8-12)11-18-10-13-4-6-15(18)9-13/h12-16H,2-11,17H2,1H3. The van der Waals surface area contributed by atoms with Gasteiger partial charge in [0.2, 0.25) is 0 Å². The van der Waals surface area contributed by atoms with E-state index in [1.54, 1.807) is 0 Å². The van der Waals surface area contributed by atoms with E-state index < -0.39 is 0 Å². The van der Waals surface area contributed by atoms with E-state index in [-0.39, 0.29) is 0 Å². The van der Waals surface area contributed by atoms with Crippen LogP contribution in [0, 0.1) is 17.8 Å². The summed E-state index contributed by atoms with van der Waals surface area (Å²) < 4.78 is 0. The molecule has 1 aliphatic heterocycles. The van der Waals surface area contributed by atoms with Gasteiger partial charge in [0.25, 0.3) is 0 Å². The molecule has 0 amide bonds. The third kappa shape index (κ3) is 2.60. The molecule has 5 atom stereocenters. The Hall–Kier alpha value is -0.0800. The molecule has 104 valence electrons. The molecule has 1 heterocycles. The van der Waals surface area contributed by atoms with E-state index in [4.69, 9.17) is 5.73 Å². The van der Waals surface area contributed by atoms with Crippen molar-refractivity contribution in [1.82, 2.24) is 4.90 Å². The van der Waals surface area contributed by atoms with Gasteiger partial charge < -0.3 is 5.73 Å². The van der Waals surface area contributed by atoms with Crippen molar-refractivity contribution in [2.45, 2.75) is 70.4 Å². The Balaban J connectivity index is 1.54. The molecule has 2 N–H and O–H groups in total. The molecular weight excluding hydrogens is 220 g/mol. The fourth-order valence-corrected chi connectivity index (χ4v) is 4.82. The van der Waals surface area contributed by atoms with Gasteiger partial charge in [-0.1, -0.05) is 19.8 Å². The van der Waals surface area contributed by atoms with E-state index >= 15 is 0 Å². The number of fused-ring (bicyclic) bond motifs is 2. The van der Waals surface area contributed by atoms with Crippen LogP contribution in [0.15, 0.2) is 0 Å². The highest BCUT2D eigenvalue weighted by Gasteiger charge is 2.39. The number of rotatable bonds is 4. The van der Waals surface area contributed by atoms with Crippen LogP contribution in [-0.2, 0) is 0 Å². The van der Waals surface area contributed by atoms with Crippen LogP contribution in [0.1, 0.15) is 58.3 Å². The molecule has 0 aromatic rings. The quantitative estimate of drug-likeness (QED) is 0.831. The summed E-state index contributed by atoms with van der Waals surface area (Å²) in [6.07, 6.45) is 11.3. The van der Waals surface area contributed by atoms with Crippen molar-refractivity contribution >= 4 is 0 Å². The molecule has 2 saturated carbocycles. The number of piperidine rings is 1. The zero-order valence-electron chi connectivity index (χ0n) is 12.0. The molecule has 3 rings (SSSR count). The molecule has 2 nitrogen and oxygen atoms in total. The van der Waals surface area contributed by atoms with Crippen molar-refractivity contribution in [3.05, 3.63) is 0 Å². The van der Waals surface area contributed by atoms with Gasteiger partial charge in [0.15, 0.2) is 0 Å². The Labute approximate surface area is 112 Å². The first-order chi connectivity index (χ1) is 8.76. The van der Waals surface area contributed by atoms with Crippen LogP contribution in [-0.4, -0.2) is 30.1 Å². The van der Waals surface area contributed by atoms with E-state index in [0.717, 1.165) is 23.8 Å². The van der Waals surface area contributed by atoms with Gasteiger partial charge in [-0.3, -0.25) is 4.90 Å². The van der Waals surface area contributed by atoms with E-state index in [2.05, 4.69) is 11.8 Å². The third-order valence-corrected chi connectivity index (χ3v) is 5.84. The van der Waals surface area contributed by atoms with Crippen molar-refractivity contribution in [2.24, 2.45) is 23.5 Å². The first kappa shape index (κ1) is 12.9. The molecule has 2 aliphatic carbocycles. The second-order valence-corrected chi connectivity index (χ2v) is 7.18. The summed E-state index contributed by atoms with van der Waals surface area (Å²) in [5, 5.41) is 0. The number of hydrogen-bond acceptors (Lipinski definition) is 2. The second-order valence-electron chi connectivity index (χ2n) is 7.18. The summed E-state index contributed by atoms with van der Waals surface area (Å²) in [7, 11) is 0. The summed E-state index contributed by atoms with van der Waals surface area (Å²) in [4.78, 5) is 2.78. The number of likely N-dealkylation sites (tertiary alicyclic amines) is 1. The lowest BCUT2D eigenvalue weighted by Gasteiger charge is -2.38. The van der Waals surface area contributed by atoms with Crippen molar-refractivity contribution in [1.29, 1.82) is 0 Å². The lowest BCUT2D eigenvalue weighted by atomic mass is 9.76. The Morgan fingerprint density at radius 1 is 1.11 bits per heavy atom. The zero-order chi connectivity index (χ0) is 12.5. The molecule has 0 spiro atoms. The van der Waals surface area contributed by atoms with Crippen molar-refractivity contribution in [3.63, 3.8) is 0 Å². The largest absolute Gasteiger partial charge is 0.327 e. The van der Waals surface area contributed by atoms with Gasteiger partial charge in [0.05, 0.1) is 0 Å². The smallest absolute Gasteiger partial charge is 0.00987 e. The Morgan fingerprint density at radius 2 is 2.00 bits per heavy atom. The molecule has 18 heavy (non-hydrogen) atoms.